The molecule has 17 heavy (non-hydrogen) atoms. The van der Waals surface area contributed by atoms with Gasteiger partial charge in [0.15, 0.2) is 0 Å². The van der Waals surface area contributed by atoms with Gasteiger partial charge in [-0.05, 0) is 17.8 Å². The van der Waals surface area contributed by atoms with Crippen LogP contribution in [0.1, 0.15) is 74.7 Å². The minimum absolute atomic E-state index is 0.0819. The summed E-state index contributed by atoms with van der Waals surface area (Å²) in [5, 5.41) is 0. The maximum atomic E-state index is 12.8. The molecule has 1 heteroatoms. The summed E-state index contributed by atoms with van der Waals surface area (Å²) in [6.07, 6.45) is 3.10. The first-order valence-electron chi connectivity index (χ1n) is 7.25. The van der Waals surface area contributed by atoms with E-state index >= 15 is 0 Å². The highest BCUT2D eigenvalue weighted by atomic mass is 16.1. The average Bonchev–Trinajstić information content (AvgIpc) is 2.29. The molecule has 102 valence electrons. The Hall–Kier alpha value is -0.330. The molecule has 0 aromatic carbocycles. The Morgan fingerprint density at radius 1 is 1.00 bits per heavy atom. The summed E-state index contributed by atoms with van der Waals surface area (Å²) in [6, 6.07) is 0. The van der Waals surface area contributed by atoms with Crippen LogP contribution in [0.2, 0.25) is 0 Å². The number of carbonyl (C=O) groups is 1. The quantitative estimate of drug-likeness (QED) is 0.605. The van der Waals surface area contributed by atoms with Gasteiger partial charge in [-0.1, -0.05) is 68.2 Å². The van der Waals surface area contributed by atoms with Crippen molar-refractivity contribution in [3.8, 4) is 0 Å². The topological polar surface area (TPSA) is 17.1 Å². The van der Waals surface area contributed by atoms with Gasteiger partial charge in [0.25, 0.3) is 0 Å². The molecule has 0 saturated carbocycles. The SMILES string of the molecule is CCC(C)C(CC)(C(=O)C(C)C)C(C)(C)CC. The Morgan fingerprint density at radius 2 is 1.47 bits per heavy atom. The van der Waals surface area contributed by atoms with Crippen molar-refractivity contribution in [3.05, 3.63) is 0 Å². The van der Waals surface area contributed by atoms with E-state index < -0.39 is 0 Å². The fraction of sp³-hybridized carbons (Fsp3) is 0.938. The van der Waals surface area contributed by atoms with Crippen molar-refractivity contribution < 1.29 is 4.79 Å². The summed E-state index contributed by atoms with van der Waals surface area (Å²) in [5.41, 5.74) is -0.0802. The van der Waals surface area contributed by atoms with E-state index in [2.05, 4.69) is 41.5 Å². The van der Waals surface area contributed by atoms with E-state index in [0.717, 1.165) is 19.3 Å². The second kappa shape index (κ2) is 6.02. The molecular formula is C16H32O. The van der Waals surface area contributed by atoms with Crippen LogP contribution in [-0.4, -0.2) is 5.78 Å². The second-order valence-electron chi connectivity index (χ2n) is 6.39. The van der Waals surface area contributed by atoms with Gasteiger partial charge < -0.3 is 0 Å². The molecule has 2 atom stereocenters. The number of hydrogen-bond acceptors (Lipinski definition) is 1. The third-order valence-electron chi connectivity index (χ3n) is 5.07. The van der Waals surface area contributed by atoms with Crippen molar-refractivity contribution in [1.82, 2.24) is 0 Å². The van der Waals surface area contributed by atoms with Crippen LogP contribution >= 0.6 is 0 Å². The van der Waals surface area contributed by atoms with Gasteiger partial charge in [0.05, 0.1) is 0 Å². The number of Topliss-reactive ketones (excluding diaryl/α,β-unsaturated/α-hetero) is 1. The van der Waals surface area contributed by atoms with Gasteiger partial charge >= 0.3 is 0 Å². The Kier molecular flexibility index (Phi) is 5.90. The molecule has 0 aliphatic rings. The standard InChI is InChI=1S/C16H32O/c1-9-13(6)16(11-3,14(17)12(4)5)15(7,8)10-2/h12-13H,9-11H2,1-8H3. The van der Waals surface area contributed by atoms with Crippen LogP contribution in [0, 0.1) is 22.7 Å². The van der Waals surface area contributed by atoms with Gasteiger partial charge in [0.1, 0.15) is 5.78 Å². The predicted octanol–water partition coefficient (Wildman–Crippen LogP) is 5.09. The minimum atomic E-state index is -0.162. The van der Waals surface area contributed by atoms with Gasteiger partial charge in [-0.2, -0.15) is 0 Å². The van der Waals surface area contributed by atoms with Crippen LogP contribution in [0.25, 0.3) is 0 Å². The zero-order valence-electron chi connectivity index (χ0n) is 13.2. The maximum Gasteiger partial charge on any atom is 0.142 e. The maximum absolute atomic E-state index is 12.8. The number of hydrogen-bond donors (Lipinski definition) is 0. The first-order chi connectivity index (χ1) is 7.71. The molecule has 0 fully saturated rings. The summed E-state index contributed by atoms with van der Waals surface area (Å²) < 4.78 is 0. The molecule has 0 aliphatic heterocycles. The van der Waals surface area contributed by atoms with Gasteiger partial charge in [0.2, 0.25) is 0 Å². The van der Waals surface area contributed by atoms with Crippen molar-refractivity contribution in [2.75, 3.05) is 0 Å². The van der Waals surface area contributed by atoms with Crippen LogP contribution in [-0.2, 0) is 4.79 Å². The molecule has 0 heterocycles. The van der Waals surface area contributed by atoms with Gasteiger partial charge in [-0.15, -0.1) is 0 Å². The minimum Gasteiger partial charge on any atom is -0.299 e. The van der Waals surface area contributed by atoms with E-state index in [-0.39, 0.29) is 16.7 Å². The monoisotopic (exact) mass is 240 g/mol. The lowest BCUT2D eigenvalue weighted by Gasteiger charge is -2.50. The summed E-state index contributed by atoms with van der Waals surface area (Å²) in [6.45, 7) is 17.5. The summed E-state index contributed by atoms with van der Waals surface area (Å²) in [5.74, 6) is 1.05. The van der Waals surface area contributed by atoms with Crippen LogP contribution < -0.4 is 0 Å². The zero-order chi connectivity index (χ0) is 13.9. The molecule has 0 bridgehead atoms. The molecule has 0 amide bonds. The third-order valence-corrected chi connectivity index (χ3v) is 5.07. The van der Waals surface area contributed by atoms with E-state index in [0.29, 0.717) is 11.7 Å². The van der Waals surface area contributed by atoms with Crippen LogP contribution in [0.4, 0.5) is 0 Å². The summed E-state index contributed by atoms with van der Waals surface area (Å²) >= 11 is 0. The highest BCUT2D eigenvalue weighted by Gasteiger charge is 2.51. The predicted molar refractivity (Wildman–Crippen MR) is 76.1 cm³/mol. The first kappa shape index (κ1) is 16.7. The number of rotatable bonds is 7. The molecule has 0 aromatic rings. The fourth-order valence-electron chi connectivity index (χ4n) is 3.42. The lowest BCUT2D eigenvalue weighted by atomic mass is 9.53. The molecule has 0 N–H and O–H groups in total. The highest BCUT2D eigenvalue weighted by Crippen LogP contribution is 2.52. The normalized spacial score (nSPS) is 17.9. The van der Waals surface area contributed by atoms with E-state index in [1.165, 1.54) is 0 Å². The number of carbonyl (C=O) groups excluding carboxylic acids is 1. The van der Waals surface area contributed by atoms with Crippen molar-refractivity contribution >= 4 is 5.78 Å². The van der Waals surface area contributed by atoms with Crippen molar-refractivity contribution in [3.63, 3.8) is 0 Å². The number of ketones is 1. The van der Waals surface area contributed by atoms with E-state index in [1.54, 1.807) is 0 Å². The largest absolute Gasteiger partial charge is 0.299 e. The van der Waals surface area contributed by atoms with Crippen molar-refractivity contribution in [2.45, 2.75) is 74.7 Å². The molecule has 0 aromatic heterocycles. The average molecular weight is 240 g/mol. The molecule has 0 aliphatic carbocycles. The third kappa shape index (κ3) is 2.74. The molecule has 0 rings (SSSR count). The molecule has 0 radical (unpaired) electrons. The first-order valence-corrected chi connectivity index (χ1v) is 7.25. The molecule has 0 spiro atoms. The molecule has 1 nitrogen and oxygen atoms in total. The smallest absolute Gasteiger partial charge is 0.142 e. The van der Waals surface area contributed by atoms with E-state index in [4.69, 9.17) is 0 Å². The van der Waals surface area contributed by atoms with E-state index in [9.17, 15) is 4.79 Å². The lowest BCUT2D eigenvalue weighted by Crippen LogP contribution is -2.50. The fourth-order valence-corrected chi connectivity index (χ4v) is 3.42. The Bertz CT molecular complexity index is 252. The Labute approximate surface area is 108 Å². The van der Waals surface area contributed by atoms with Crippen molar-refractivity contribution in [2.24, 2.45) is 22.7 Å². The van der Waals surface area contributed by atoms with E-state index in [1.807, 2.05) is 13.8 Å². The Morgan fingerprint density at radius 3 is 1.71 bits per heavy atom. The summed E-state index contributed by atoms with van der Waals surface area (Å²) in [4.78, 5) is 12.8. The summed E-state index contributed by atoms with van der Waals surface area (Å²) in [7, 11) is 0. The molecular weight excluding hydrogens is 208 g/mol. The van der Waals surface area contributed by atoms with Gasteiger partial charge in [-0.25, -0.2) is 0 Å². The molecule has 2 unspecified atom stereocenters. The van der Waals surface area contributed by atoms with Crippen LogP contribution in [0.3, 0.4) is 0 Å². The van der Waals surface area contributed by atoms with Crippen LogP contribution in [0.5, 0.6) is 0 Å². The zero-order valence-corrected chi connectivity index (χ0v) is 13.2. The van der Waals surface area contributed by atoms with Gasteiger partial charge in [-0.3, -0.25) is 4.79 Å². The lowest BCUT2D eigenvalue weighted by molar-refractivity contribution is -0.145. The highest BCUT2D eigenvalue weighted by molar-refractivity contribution is 5.87. The van der Waals surface area contributed by atoms with Crippen molar-refractivity contribution in [1.29, 1.82) is 0 Å². The molecule has 0 saturated heterocycles. The van der Waals surface area contributed by atoms with Gasteiger partial charge in [0, 0.05) is 11.3 Å². The van der Waals surface area contributed by atoms with Crippen LogP contribution in [0.15, 0.2) is 0 Å². The Balaban J connectivity index is 5.70. The second-order valence-corrected chi connectivity index (χ2v) is 6.39.